The zero-order chi connectivity index (χ0) is 42.2. The molecule has 0 bridgehead atoms. The summed E-state index contributed by atoms with van der Waals surface area (Å²) >= 11 is -2.50. The third kappa shape index (κ3) is 12.4. The molecule has 0 amide bonds. The second-order valence-electron chi connectivity index (χ2n) is 25.5. The molecule has 0 aliphatic heterocycles. The second kappa shape index (κ2) is 18.2. The van der Waals surface area contributed by atoms with E-state index < -0.39 is 128 Å². The van der Waals surface area contributed by atoms with Crippen molar-refractivity contribution in [1.29, 1.82) is 0 Å². The number of hydrogen-bond donors (Lipinski definition) is 0. The molecule has 4 aliphatic carbocycles. The molecule has 4 atom stereocenters. The molecule has 0 fully saturated rings. The molecule has 0 radical (unpaired) electrons. The maximum Gasteiger partial charge on any atom is -1.00 e. The van der Waals surface area contributed by atoms with Crippen molar-refractivity contribution in [2.45, 2.75) is 163 Å². The monoisotopic (exact) mass is 1380 g/mol. The minimum absolute atomic E-state index is 0. The Bertz CT molecular complexity index is 1450. The fourth-order valence-corrected chi connectivity index (χ4v) is 62.7. The van der Waals surface area contributed by atoms with Gasteiger partial charge >= 0.3 is 385 Å². The zero-order valence-electron chi connectivity index (χ0n) is 40.7. The van der Waals surface area contributed by atoms with Gasteiger partial charge in [0.1, 0.15) is 0 Å². The Labute approximate surface area is 403 Å². The average molecular weight is 1380 g/mol. The van der Waals surface area contributed by atoms with E-state index in [-0.39, 0.29) is 24.8 Å². The van der Waals surface area contributed by atoms with Gasteiger partial charge in [-0.3, -0.25) is 0 Å². The van der Waals surface area contributed by atoms with Crippen LogP contribution in [0.5, 0.6) is 0 Å². The van der Waals surface area contributed by atoms with Crippen LogP contribution in [0.1, 0.15) is 0 Å². The quantitative estimate of drug-likeness (QED) is 0.171. The predicted octanol–water partition coefficient (Wildman–Crippen LogP) is 9.79. The van der Waals surface area contributed by atoms with Crippen LogP contribution in [0.25, 0.3) is 0 Å². The van der Waals surface area contributed by atoms with Crippen molar-refractivity contribution in [3.8, 4) is 0 Å². The van der Waals surface area contributed by atoms with Crippen LogP contribution in [-0.4, -0.2) is 64.6 Å². The molecule has 0 saturated carbocycles. The second-order valence-corrected chi connectivity index (χ2v) is 91.1. The summed E-state index contributed by atoms with van der Waals surface area (Å²) in [6.45, 7) is 61.9. The molecule has 0 aromatic heterocycles. The summed E-state index contributed by atoms with van der Waals surface area (Å²) in [5, 5.41) is 6.90. The Balaban J connectivity index is 0.000000541. The predicted molar refractivity (Wildman–Crippen MR) is 266 cm³/mol. The van der Waals surface area contributed by atoms with Crippen LogP contribution < -0.4 is 24.8 Å². The van der Waals surface area contributed by atoms with Crippen molar-refractivity contribution < 1.29 is 88.4 Å². The fourth-order valence-electron chi connectivity index (χ4n) is 7.73. The van der Waals surface area contributed by atoms with E-state index in [0.717, 1.165) is 0 Å². The van der Waals surface area contributed by atoms with Crippen LogP contribution in [0, 0.1) is 63.6 Å². The maximum absolute atomic E-state index is 2.84. The first kappa shape index (κ1) is 56.6. The molecule has 12 heteroatoms. The van der Waals surface area contributed by atoms with Gasteiger partial charge in [-0.15, -0.1) is 0 Å². The van der Waals surface area contributed by atoms with E-state index in [0.29, 0.717) is 5.78 Å². The first-order chi connectivity index (χ1) is 23.7. The summed E-state index contributed by atoms with van der Waals surface area (Å²) < 4.78 is 2.00. The van der Waals surface area contributed by atoms with Gasteiger partial charge in [-0.05, 0) is 0 Å². The van der Waals surface area contributed by atoms with Gasteiger partial charge in [0.05, 0.1) is 0 Å². The van der Waals surface area contributed by atoms with Crippen molar-refractivity contribution >= 4 is 64.6 Å². The minimum Gasteiger partial charge on any atom is -1.00 e. The number of hydrogen-bond acceptors (Lipinski definition) is 0. The van der Waals surface area contributed by atoms with Crippen molar-refractivity contribution in [2.75, 3.05) is 0 Å². The van der Waals surface area contributed by atoms with Gasteiger partial charge in [-0.1, -0.05) is 0 Å². The van der Waals surface area contributed by atoms with Gasteiger partial charge in [0.15, 0.2) is 0 Å². The normalized spacial score (nSPS) is 28.0. The van der Waals surface area contributed by atoms with Crippen molar-refractivity contribution in [2.24, 2.45) is 0 Å². The number of allylic oxidation sites excluding steroid dienone is 16. The van der Waals surface area contributed by atoms with Crippen LogP contribution in [0.3, 0.4) is 0 Å². The van der Waals surface area contributed by atoms with Gasteiger partial charge in [0, 0.05) is 0 Å². The molecule has 314 valence electrons. The number of halogens is 2. The SMILES string of the molecule is C[Si](C)(C)C1=C[C]([Th+2][C]2([Si](C)(C)C)C=CC([Si](C)(C)C)=C2)([Si](C)(C)C)C=C1.C[Si](C)(C)C1=C[C]([U][C]2([Si](C)(C)C)C=CC([Si](C)(C)C)=C2)([Si](C)(C)C)C=C1.[Cl-].[Cl-]. The summed E-state index contributed by atoms with van der Waals surface area (Å²) in [5.74, 6) is 0. The van der Waals surface area contributed by atoms with Crippen LogP contribution in [0.2, 0.25) is 163 Å². The summed E-state index contributed by atoms with van der Waals surface area (Å²) in [4.78, 5) is 0. The van der Waals surface area contributed by atoms with E-state index >= 15 is 0 Å². The van der Waals surface area contributed by atoms with E-state index in [1.807, 2.05) is 0 Å². The third-order valence-electron chi connectivity index (χ3n) is 12.9. The van der Waals surface area contributed by atoms with Crippen LogP contribution in [-0.2, 0) is 0 Å². The molecule has 0 spiro atoms. The Morgan fingerprint density at radius 1 is 0.339 bits per heavy atom. The molecule has 56 heavy (non-hydrogen) atoms. The topological polar surface area (TPSA) is 0 Å². The zero-order valence-corrected chi connectivity index (χ0v) is 58.5. The summed E-state index contributed by atoms with van der Waals surface area (Å²) in [6.07, 6.45) is 32.6. The van der Waals surface area contributed by atoms with Gasteiger partial charge in [0.25, 0.3) is 0 Å². The Morgan fingerprint density at radius 3 is 0.750 bits per heavy atom. The van der Waals surface area contributed by atoms with Gasteiger partial charge in [-0.2, -0.15) is 0 Å². The molecule has 0 N–H and O–H groups in total. The molecule has 4 rings (SSSR count). The standard InChI is InChI=1S/4C11H21Si2.2ClH.Th.U/c4*1-12(2,3)10-7-8-11(9-10)13(4,5)6;;;;/h4*7-9H,1-6H3;2*1H;;/q;;;;;;+2;/p-2. The molecular formula is C44H84Cl2Si8ThU. The fraction of sp³-hybridized carbons (Fsp3) is 0.636. The van der Waals surface area contributed by atoms with Crippen LogP contribution in [0.15, 0.2) is 93.7 Å². The molecule has 0 saturated heterocycles. The molecule has 0 nitrogen and oxygen atoms in total. The molecule has 0 aromatic carbocycles. The van der Waals surface area contributed by atoms with Gasteiger partial charge in [0.2, 0.25) is 0 Å². The Kier molecular flexibility index (Phi) is 18.4. The van der Waals surface area contributed by atoms with Crippen LogP contribution in [0.4, 0.5) is 0 Å². The largest absolute Gasteiger partial charge is 1.00 e. The number of rotatable bonds is 12. The summed E-state index contributed by atoms with van der Waals surface area (Å²) in [5.41, 5.74) is 0. The van der Waals surface area contributed by atoms with E-state index in [1.54, 1.807) is 20.8 Å². The minimum atomic E-state index is -1.33. The van der Waals surface area contributed by atoms with E-state index in [1.165, 1.54) is 0 Å². The maximum atomic E-state index is 2.84. The summed E-state index contributed by atoms with van der Waals surface area (Å²) in [7, 11) is -10.3. The average Bonchev–Trinajstić information content (AvgIpc) is 3.72. The van der Waals surface area contributed by atoms with Crippen molar-refractivity contribution in [3.63, 3.8) is 0 Å². The molecule has 0 aromatic rings. The summed E-state index contributed by atoms with van der Waals surface area (Å²) in [6, 6.07) is 0. The molecule has 0 heterocycles. The Hall–Kier alpha value is 2.61. The van der Waals surface area contributed by atoms with Gasteiger partial charge in [-0.25, -0.2) is 0 Å². The smallest absolute Gasteiger partial charge is 1.00 e. The first-order valence-electron chi connectivity index (χ1n) is 21.0. The first-order valence-corrected chi connectivity index (χ1v) is 57.2. The molecular weight excluding hydrogens is 1290 g/mol. The van der Waals surface area contributed by atoms with E-state index in [4.69, 9.17) is 0 Å². The van der Waals surface area contributed by atoms with Crippen molar-refractivity contribution in [1.82, 2.24) is 0 Å². The van der Waals surface area contributed by atoms with E-state index in [2.05, 4.69) is 230 Å². The molecule has 4 unspecified atom stereocenters. The molecule has 4 aliphatic rings. The van der Waals surface area contributed by atoms with Gasteiger partial charge < -0.3 is 24.8 Å². The Morgan fingerprint density at radius 2 is 0.571 bits per heavy atom. The van der Waals surface area contributed by atoms with Crippen LogP contribution >= 0.6 is 0 Å². The third-order valence-corrected chi connectivity index (χ3v) is 86.1. The van der Waals surface area contributed by atoms with Crippen molar-refractivity contribution in [3.05, 3.63) is 93.7 Å². The van der Waals surface area contributed by atoms with E-state index in [9.17, 15) is 0 Å².